The van der Waals surface area contributed by atoms with Gasteiger partial charge in [0.05, 0.1) is 0 Å². The Morgan fingerprint density at radius 2 is 2.06 bits per heavy atom. The van der Waals surface area contributed by atoms with Crippen LogP contribution in [0, 0.1) is 5.41 Å². The van der Waals surface area contributed by atoms with Crippen LogP contribution in [0.1, 0.15) is 47.0 Å². The second-order valence-corrected chi connectivity index (χ2v) is 5.51. The third-order valence-corrected chi connectivity index (χ3v) is 3.40. The van der Waals surface area contributed by atoms with Gasteiger partial charge in [-0.2, -0.15) is 0 Å². The molecule has 3 nitrogen and oxygen atoms in total. The van der Waals surface area contributed by atoms with Gasteiger partial charge in [-0.3, -0.25) is 9.59 Å². The molecule has 18 heavy (non-hydrogen) atoms. The first-order chi connectivity index (χ1) is 8.33. The largest absolute Gasteiger partial charge is 0.457 e. The lowest BCUT2D eigenvalue weighted by Gasteiger charge is -2.32. The zero-order valence-electron chi connectivity index (χ0n) is 11.7. The van der Waals surface area contributed by atoms with Gasteiger partial charge in [0.15, 0.2) is 12.4 Å². The van der Waals surface area contributed by atoms with Crippen molar-refractivity contribution in [1.29, 1.82) is 0 Å². The second-order valence-electron chi connectivity index (χ2n) is 5.51. The summed E-state index contributed by atoms with van der Waals surface area (Å²) in [6, 6.07) is 0. The van der Waals surface area contributed by atoms with Crippen molar-refractivity contribution >= 4 is 11.8 Å². The Bertz CT molecular complexity index is 400. The first-order valence-corrected chi connectivity index (χ1v) is 6.37. The lowest BCUT2D eigenvalue weighted by atomic mass is 9.72. The molecular formula is C15H22O3. The van der Waals surface area contributed by atoms with Crippen molar-refractivity contribution < 1.29 is 14.3 Å². The molecule has 0 aliphatic heterocycles. The number of esters is 1. The van der Waals surface area contributed by atoms with E-state index in [9.17, 15) is 9.59 Å². The maximum Gasteiger partial charge on any atom is 0.303 e. The number of carbonyl (C=O) groups excluding carboxylic acids is 2. The number of hydrogen-bond acceptors (Lipinski definition) is 3. The standard InChI is InChI=1S/C15H22O3/c1-11-6-5-9-15(3,4)14(11)8-7-13(17)10-18-12(2)16/h7-8H,5-6,9-10H2,1-4H3. The number of carbonyl (C=O) groups is 2. The molecule has 0 aromatic rings. The predicted molar refractivity (Wildman–Crippen MR) is 71.1 cm³/mol. The van der Waals surface area contributed by atoms with Gasteiger partial charge >= 0.3 is 5.97 Å². The molecule has 1 rings (SSSR count). The van der Waals surface area contributed by atoms with E-state index in [1.807, 2.05) is 6.08 Å². The van der Waals surface area contributed by atoms with Gasteiger partial charge in [-0.15, -0.1) is 0 Å². The minimum atomic E-state index is -0.426. The molecule has 0 amide bonds. The molecule has 0 aromatic heterocycles. The summed E-state index contributed by atoms with van der Waals surface area (Å²) in [6.07, 6.45) is 6.86. The van der Waals surface area contributed by atoms with Gasteiger partial charge < -0.3 is 4.74 Å². The van der Waals surface area contributed by atoms with Gasteiger partial charge in [-0.05, 0) is 43.3 Å². The lowest BCUT2D eigenvalue weighted by Crippen LogP contribution is -2.19. The average Bonchev–Trinajstić information content (AvgIpc) is 2.24. The molecule has 100 valence electrons. The summed E-state index contributed by atoms with van der Waals surface area (Å²) in [7, 11) is 0. The molecule has 0 atom stereocenters. The molecule has 0 spiro atoms. The van der Waals surface area contributed by atoms with Crippen LogP contribution in [0.4, 0.5) is 0 Å². The van der Waals surface area contributed by atoms with Gasteiger partial charge in [0.2, 0.25) is 0 Å². The molecule has 0 saturated carbocycles. The maximum absolute atomic E-state index is 11.5. The molecule has 0 bridgehead atoms. The smallest absolute Gasteiger partial charge is 0.303 e. The van der Waals surface area contributed by atoms with E-state index < -0.39 is 5.97 Å². The monoisotopic (exact) mass is 250 g/mol. The fraction of sp³-hybridized carbons (Fsp3) is 0.600. The summed E-state index contributed by atoms with van der Waals surface area (Å²) >= 11 is 0. The van der Waals surface area contributed by atoms with E-state index in [-0.39, 0.29) is 17.8 Å². The summed E-state index contributed by atoms with van der Waals surface area (Å²) in [6.45, 7) is 7.65. The Balaban J connectivity index is 2.70. The maximum atomic E-state index is 11.5. The van der Waals surface area contributed by atoms with Crippen molar-refractivity contribution in [3.63, 3.8) is 0 Å². The van der Waals surface area contributed by atoms with Crippen molar-refractivity contribution in [2.24, 2.45) is 5.41 Å². The van der Waals surface area contributed by atoms with Crippen molar-refractivity contribution in [2.45, 2.75) is 47.0 Å². The van der Waals surface area contributed by atoms with Crippen molar-refractivity contribution in [2.75, 3.05) is 6.61 Å². The van der Waals surface area contributed by atoms with Crippen LogP contribution in [-0.4, -0.2) is 18.4 Å². The van der Waals surface area contributed by atoms with E-state index in [0.29, 0.717) is 0 Å². The SMILES string of the molecule is CC(=O)OCC(=O)C=CC1=C(C)CCCC1(C)C. The van der Waals surface area contributed by atoms with Gasteiger partial charge in [0.1, 0.15) is 0 Å². The van der Waals surface area contributed by atoms with Gasteiger partial charge in [-0.25, -0.2) is 0 Å². The fourth-order valence-electron chi connectivity index (χ4n) is 2.41. The van der Waals surface area contributed by atoms with Gasteiger partial charge in [-0.1, -0.05) is 25.5 Å². The number of hydrogen-bond donors (Lipinski definition) is 0. The normalized spacial score (nSPS) is 19.1. The second kappa shape index (κ2) is 5.98. The molecule has 0 fully saturated rings. The highest BCUT2D eigenvalue weighted by Gasteiger charge is 2.26. The number of rotatable bonds is 4. The molecular weight excluding hydrogens is 228 g/mol. The molecule has 1 aliphatic carbocycles. The highest BCUT2D eigenvalue weighted by molar-refractivity contribution is 5.92. The topological polar surface area (TPSA) is 43.4 Å². The van der Waals surface area contributed by atoms with E-state index in [0.717, 1.165) is 12.8 Å². The zero-order valence-corrected chi connectivity index (χ0v) is 11.7. The van der Waals surface area contributed by atoms with Crippen LogP contribution in [0.3, 0.4) is 0 Å². The van der Waals surface area contributed by atoms with Crippen molar-refractivity contribution in [3.05, 3.63) is 23.3 Å². The summed E-state index contributed by atoms with van der Waals surface area (Å²) in [4.78, 5) is 22.1. The van der Waals surface area contributed by atoms with E-state index in [4.69, 9.17) is 0 Å². The molecule has 0 N–H and O–H groups in total. The highest BCUT2D eigenvalue weighted by Crippen LogP contribution is 2.40. The summed E-state index contributed by atoms with van der Waals surface area (Å²) < 4.78 is 4.67. The zero-order chi connectivity index (χ0) is 13.8. The lowest BCUT2D eigenvalue weighted by molar-refractivity contribution is -0.144. The molecule has 0 radical (unpaired) electrons. The van der Waals surface area contributed by atoms with E-state index in [1.165, 1.54) is 30.6 Å². The third kappa shape index (κ3) is 4.13. The summed E-state index contributed by atoms with van der Waals surface area (Å²) in [5, 5.41) is 0. The molecule has 3 heteroatoms. The van der Waals surface area contributed by atoms with Crippen molar-refractivity contribution in [1.82, 2.24) is 0 Å². The molecule has 0 saturated heterocycles. The third-order valence-electron chi connectivity index (χ3n) is 3.40. The van der Waals surface area contributed by atoms with Crippen LogP contribution in [0.15, 0.2) is 23.3 Å². The highest BCUT2D eigenvalue weighted by atomic mass is 16.5. The Kier molecular flexibility index (Phi) is 4.88. The average molecular weight is 250 g/mol. The van der Waals surface area contributed by atoms with E-state index >= 15 is 0 Å². The predicted octanol–water partition coefficient (Wildman–Crippen LogP) is 3.20. The van der Waals surface area contributed by atoms with E-state index in [2.05, 4.69) is 25.5 Å². The van der Waals surface area contributed by atoms with Gasteiger partial charge in [0.25, 0.3) is 0 Å². The first kappa shape index (κ1) is 14.7. The first-order valence-electron chi connectivity index (χ1n) is 6.37. The van der Waals surface area contributed by atoms with Crippen LogP contribution >= 0.6 is 0 Å². The quantitative estimate of drug-likeness (QED) is 0.568. The number of ether oxygens (including phenoxy) is 1. The van der Waals surface area contributed by atoms with Crippen LogP contribution < -0.4 is 0 Å². The minimum absolute atomic E-state index is 0.126. The van der Waals surface area contributed by atoms with Crippen LogP contribution in [0.5, 0.6) is 0 Å². The van der Waals surface area contributed by atoms with Crippen molar-refractivity contribution in [3.8, 4) is 0 Å². The van der Waals surface area contributed by atoms with Crippen LogP contribution in [0.25, 0.3) is 0 Å². The molecule has 0 unspecified atom stereocenters. The minimum Gasteiger partial charge on any atom is -0.457 e. The fourth-order valence-corrected chi connectivity index (χ4v) is 2.41. The summed E-state index contributed by atoms with van der Waals surface area (Å²) in [5.74, 6) is -0.600. The Hall–Kier alpha value is -1.38. The number of ketones is 1. The van der Waals surface area contributed by atoms with Crippen LogP contribution in [0.2, 0.25) is 0 Å². The van der Waals surface area contributed by atoms with Gasteiger partial charge in [0, 0.05) is 6.92 Å². The Labute approximate surface area is 109 Å². The molecule has 0 heterocycles. The van der Waals surface area contributed by atoms with E-state index in [1.54, 1.807) is 0 Å². The Morgan fingerprint density at radius 3 is 2.61 bits per heavy atom. The summed E-state index contributed by atoms with van der Waals surface area (Å²) in [5.41, 5.74) is 2.72. The molecule has 1 aliphatic rings. The number of allylic oxidation sites excluding steroid dienone is 3. The van der Waals surface area contributed by atoms with Crippen LogP contribution in [-0.2, 0) is 14.3 Å². The molecule has 0 aromatic carbocycles. The Morgan fingerprint density at radius 1 is 1.39 bits per heavy atom.